The Labute approximate surface area is 145 Å². The highest BCUT2D eigenvalue weighted by molar-refractivity contribution is 6.90. The Morgan fingerprint density at radius 2 is 1.48 bits per heavy atom. The highest BCUT2D eigenvalue weighted by Crippen LogP contribution is 2.26. The molecule has 0 fully saturated rings. The summed E-state index contributed by atoms with van der Waals surface area (Å²) in [5, 5.41) is 1.13. The van der Waals surface area contributed by atoms with Crippen LogP contribution in [0.5, 0.6) is 0 Å². The van der Waals surface area contributed by atoms with Crippen molar-refractivity contribution in [3.8, 4) is 0 Å². The van der Waals surface area contributed by atoms with Gasteiger partial charge < -0.3 is 13.0 Å². The smallest absolute Gasteiger partial charge is 0.333 e. The molecule has 0 heterocycles. The quantitative estimate of drug-likeness (QED) is 0.239. The minimum Gasteiger partial charge on any atom is -0.462 e. The van der Waals surface area contributed by atoms with E-state index in [4.69, 9.17) is 13.0 Å². The van der Waals surface area contributed by atoms with Crippen LogP contribution in [-0.4, -0.2) is 37.8 Å². The first-order valence-corrected chi connectivity index (χ1v) is 16.9. The molecule has 0 amide bonds. The van der Waals surface area contributed by atoms with Gasteiger partial charge in [0.05, 0.1) is 6.61 Å². The Morgan fingerprint density at radius 1 is 0.957 bits per heavy atom. The second-order valence-electron chi connectivity index (χ2n) is 7.67. The van der Waals surface area contributed by atoms with Crippen molar-refractivity contribution in [3.63, 3.8) is 0 Å². The number of rotatable bonds is 10. The van der Waals surface area contributed by atoms with Gasteiger partial charge in [0.2, 0.25) is 8.32 Å². The van der Waals surface area contributed by atoms with E-state index in [0.29, 0.717) is 12.2 Å². The molecular formula is C16H34O4Si3. The topological polar surface area (TPSA) is 44.8 Å². The van der Waals surface area contributed by atoms with Gasteiger partial charge in [-0.3, -0.25) is 0 Å². The van der Waals surface area contributed by atoms with E-state index in [1.165, 1.54) is 0 Å². The van der Waals surface area contributed by atoms with Gasteiger partial charge in [-0.1, -0.05) is 11.8 Å². The van der Waals surface area contributed by atoms with Crippen LogP contribution in [0, 0.1) is 0 Å². The van der Waals surface area contributed by atoms with Crippen molar-refractivity contribution in [2.24, 2.45) is 0 Å². The van der Waals surface area contributed by atoms with E-state index in [9.17, 15) is 4.79 Å². The molecule has 0 saturated carbocycles. The summed E-state index contributed by atoms with van der Waals surface area (Å²) in [5.41, 5.74) is 0.437. The summed E-state index contributed by atoms with van der Waals surface area (Å²) in [5.74, 6) is -0.322. The van der Waals surface area contributed by atoms with Crippen LogP contribution in [0.25, 0.3) is 0 Å². The molecule has 0 aromatic rings. The number of allylic oxidation sites excluding steroid dienone is 1. The van der Waals surface area contributed by atoms with E-state index in [2.05, 4.69) is 52.4 Å². The fraction of sp³-hybridized carbons (Fsp3) is 0.688. The molecule has 0 aliphatic rings. The zero-order valence-electron chi connectivity index (χ0n) is 16.2. The van der Waals surface area contributed by atoms with E-state index in [1.54, 1.807) is 6.92 Å². The summed E-state index contributed by atoms with van der Waals surface area (Å²) in [7, 11) is -5.95. The van der Waals surface area contributed by atoms with Crippen LogP contribution in [-0.2, 0) is 17.8 Å². The van der Waals surface area contributed by atoms with Crippen LogP contribution < -0.4 is 0 Å². The number of hydrogen-bond acceptors (Lipinski definition) is 4. The maximum atomic E-state index is 11.4. The van der Waals surface area contributed by atoms with E-state index in [0.717, 1.165) is 17.7 Å². The van der Waals surface area contributed by atoms with E-state index >= 15 is 0 Å². The minimum atomic E-state index is -2.20. The molecule has 7 heteroatoms. The van der Waals surface area contributed by atoms with Crippen molar-refractivity contribution in [1.82, 2.24) is 0 Å². The van der Waals surface area contributed by atoms with Gasteiger partial charge in [-0.25, -0.2) is 4.79 Å². The predicted octanol–water partition coefficient (Wildman–Crippen LogP) is 4.76. The zero-order valence-corrected chi connectivity index (χ0v) is 19.2. The van der Waals surface area contributed by atoms with Gasteiger partial charge in [-0.15, -0.1) is 6.58 Å². The van der Waals surface area contributed by atoms with Gasteiger partial charge in [0.1, 0.15) is 0 Å². The highest BCUT2D eigenvalue weighted by Gasteiger charge is 2.39. The number of esters is 1. The molecule has 0 aromatic carbocycles. The molecule has 0 unspecified atom stereocenters. The van der Waals surface area contributed by atoms with Gasteiger partial charge in [0, 0.05) is 5.57 Å². The molecule has 0 atom stereocenters. The van der Waals surface area contributed by atoms with Crippen LogP contribution in [0.2, 0.25) is 45.3 Å². The maximum Gasteiger partial charge on any atom is 0.333 e. The average Bonchev–Trinajstić information content (AvgIpc) is 2.30. The van der Waals surface area contributed by atoms with Crippen molar-refractivity contribution in [2.45, 2.75) is 65.6 Å². The summed E-state index contributed by atoms with van der Waals surface area (Å²) < 4.78 is 18.0. The molecule has 134 valence electrons. The molecule has 0 rings (SSSR count). The standard InChI is InChI=1S/C16H34O4Si3/c1-14(2)16(17)18-12-11-13-21(5,6)19-23(9,10)20-22(7,8)15(3)4/h1,3,11-13H2,2,4-10H3. The van der Waals surface area contributed by atoms with Crippen molar-refractivity contribution in [1.29, 1.82) is 0 Å². The summed E-state index contributed by atoms with van der Waals surface area (Å²) in [4.78, 5) is 11.4. The molecule has 0 aliphatic carbocycles. The Hall–Kier alpha value is -0.479. The summed E-state index contributed by atoms with van der Waals surface area (Å²) in [6.07, 6.45) is 0.810. The normalized spacial score (nSPS) is 12.9. The Balaban J connectivity index is 4.46. The summed E-state index contributed by atoms with van der Waals surface area (Å²) >= 11 is 0. The number of hydrogen-bond donors (Lipinski definition) is 0. The van der Waals surface area contributed by atoms with Crippen molar-refractivity contribution < 1.29 is 17.8 Å². The van der Waals surface area contributed by atoms with Crippen molar-refractivity contribution in [3.05, 3.63) is 23.9 Å². The van der Waals surface area contributed by atoms with E-state index in [-0.39, 0.29) is 5.97 Å². The van der Waals surface area contributed by atoms with Crippen molar-refractivity contribution >= 4 is 31.2 Å². The third kappa shape index (κ3) is 9.41. The zero-order chi connectivity index (χ0) is 18.5. The first-order valence-electron chi connectivity index (χ1n) is 8.07. The second kappa shape index (κ2) is 8.57. The number of carbonyl (C=O) groups is 1. The third-order valence-electron chi connectivity index (χ3n) is 3.56. The first kappa shape index (κ1) is 22.5. The fourth-order valence-corrected chi connectivity index (χ4v) is 15.1. The molecule has 0 aliphatic heterocycles. The van der Waals surface area contributed by atoms with Gasteiger partial charge in [-0.05, 0) is 65.6 Å². The third-order valence-corrected chi connectivity index (χ3v) is 15.4. The summed E-state index contributed by atoms with van der Waals surface area (Å²) in [6.45, 7) is 24.7. The molecule has 0 bridgehead atoms. The number of ether oxygens (including phenoxy) is 1. The van der Waals surface area contributed by atoms with Gasteiger partial charge in [-0.2, -0.15) is 0 Å². The molecular weight excluding hydrogens is 340 g/mol. The first-order chi connectivity index (χ1) is 10.2. The Kier molecular flexibility index (Phi) is 8.39. The summed E-state index contributed by atoms with van der Waals surface area (Å²) in [6, 6.07) is 0.936. The molecule has 0 N–H and O–H groups in total. The largest absolute Gasteiger partial charge is 0.462 e. The fourth-order valence-electron chi connectivity index (χ4n) is 2.22. The second-order valence-corrected chi connectivity index (χ2v) is 20.0. The van der Waals surface area contributed by atoms with E-state index in [1.807, 2.05) is 6.92 Å². The maximum absolute atomic E-state index is 11.4. The lowest BCUT2D eigenvalue weighted by Gasteiger charge is -2.39. The molecule has 0 saturated heterocycles. The molecule has 0 aromatic heterocycles. The van der Waals surface area contributed by atoms with Gasteiger partial charge in [0.25, 0.3) is 0 Å². The van der Waals surface area contributed by atoms with Crippen molar-refractivity contribution in [2.75, 3.05) is 6.61 Å². The van der Waals surface area contributed by atoms with Crippen LogP contribution in [0.15, 0.2) is 23.9 Å². The minimum absolute atomic E-state index is 0.322. The molecule has 0 spiro atoms. The number of carbonyl (C=O) groups excluding carboxylic acids is 1. The van der Waals surface area contributed by atoms with Crippen LogP contribution in [0.4, 0.5) is 0 Å². The van der Waals surface area contributed by atoms with Gasteiger partial charge >= 0.3 is 14.5 Å². The molecule has 4 nitrogen and oxygen atoms in total. The highest BCUT2D eigenvalue weighted by atomic mass is 28.5. The van der Waals surface area contributed by atoms with Crippen LogP contribution in [0.3, 0.4) is 0 Å². The average molecular weight is 375 g/mol. The predicted molar refractivity (Wildman–Crippen MR) is 105 cm³/mol. The monoisotopic (exact) mass is 374 g/mol. The Bertz CT molecular complexity index is 456. The SMILES string of the molecule is C=C(C)C(=O)OCCC[Si](C)(C)O[Si](C)(C)O[Si](C)(C)C(=C)C. The van der Waals surface area contributed by atoms with E-state index < -0.39 is 25.2 Å². The molecule has 0 radical (unpaired) electrons. The van der Waals surface area contributed by atoms with Crippen LogP contribution in [0.1, 0.15) is 20.3 Å². The van der Waals surface area contributed by atoms with Gasteiger partial charge in [0.15, 0.2) is 8.32 Å². The lowest BCUT2D eigenvalue weighted by Crippen LogP contribution is -2.52. The molecule has 23 heavy (non-hydrogen) atoms. The Morgan fingerprint density at radius 3 is 1.91 bits per heavy atom. The lowest BCUT2D eigenvalue weighted by molar-refractivity contribution is -0.138. The van der Waals surface area contributed by atoms with Crippen LogP contribution >= 0.6 is 0 Å². The lowest BCUT2D eigenvalue weighted by atomic mass is 10.4.